The first-order chi connectivity index (χ1) is 12.8. The molecule has 1 aromatic carbocycles. The van der Waals surface area contributed by atoms with E-state index in [0.717, 1.165) is 5.56 Å². The van der Waals surface area contributed by atoms with Gasteiger partial charge in [0.05, 0.1) is 11.6 Å². The zero-order valence-corrected chi connectivity index (χ0v) is 15.5. The van der Waals surface area contributed by atoms with E-state index in [1.807, 2.05) is 19.9 Å². The minimum Gasteiger partial charge on any atom is -0.481 e. The highest BCUT2D eigenvalue weighted by molar-refractivity contribution is 5.98. The van der Waals surface area contributed by atoms with E-state index in [-0.39, 0.29) is 36.9 Å². The summed E-state index contributed by atoms with van der Waals surface area (Å²) >= 11 is 0. The number of H-pyrrole nitrogens is 1. The van der Waals surface area contributed by atoms with Crippen LogP contribution in [0.5, 0.6) is 0 Å². The van der Waals surface area contributed by atoms with Crippen LogP contribution in [0.2, 0.25) is 0 Å². The fourth-order valence-corrected chi connectivity index (χ4v) is 3.99. The number of aromatic amines is 1. The Morgan fingerprint density at radius 1 is 1.37 bits per heavy atom. The standard InChI is InChI=1S/C20H24N2O5/c1-3-8-20(19(26)27)11-22(9-7-15(20)23)18(25)14-10-21-16-12(2)5-4-6-13(16)17(14)24/h4-6,10,15,23H,3,7-9,11H2,1-2H3,(H,21,24)(H,26,27)/t15-,20+/m0/s1. The van der Waals surface area contributed by atoms with Gasteiger partial charge in [-0.25, -0.2) is 0 Å². The maximum absolute atomic E-state index is 13.0. The van der Waals surface area contributed by atoms with Gasteiger partial charge in [-0.15, -0.1) is 0 Å². The van der Waals surface area contributed by atoms with Gasteiger partial charge >= 0.3 is 5.97 Å². The number of piperidine rings is 1. The van der Waals surface area contributed by atoms with E-state index in [2.05, 4.69) is 4.98 Å². The Morgan fingerprint density at radius 3 is 2.78 bits per heavy atom. The van der Waals surface area contributed by atoms with Crippen molar-refractivity contribution in [1.82, 2.24) is 9.88 Å². The Balaban J connectivity index is 1.99. The van der Waals surface area contributed by atoms with E-state index in [1.54, 1.807) is 12.1 Å². The number of carbonyl (C=O) groups is 2. The fourth-order valence-electron chi connectivity index (χ4n) is 3.99. The minimum atomic E-state index is -1.40. The molecule has 0 saturated carbocycles. The molecule has 1 aromatic heterocycles. The predicted octanol–water partition coefficient (Wildman–Crippen LogP) is 1.91. The van der Waals surface area contributed by atoms with Gasteiger partial charge in [-0.3, -0.25) is 14.4 Å². The zero-order valence-electron chi connectivity index (χ0n) is 15.5. The molecule has 0 bridgehead atoms. The molecule has 2 heterocycles. The second-order valence-electron chi connectivity index (χ2n) is 7.27. The van der Waals surface area contributed by atoms with Gasteiger partial charge in [0.25, 0.3) is 5.91 Å². The van der Waals surface area contributed by atoms with Gasteiger partial charge in [0, 0.05) is 24.7 Å². The maximum atomic E-state index is 13.0. The van der Waals surface area contributed by atoms with Crippen molar-refractivity contribution in [1.29, 1.82) is 0 Å². The van der Waals surface area contributed by atoms with Gasteiger partial charge in [-0.05, 0) is 31.4 Å². The zero-order chi connectivity index (χ0) is 19.8. The quantitative estimate of drug-likeness (QED) is 0.759. The Labute approximate surface area is 156 Å². The Morgan fingerprint density at radius 2 is 2.11 bits per heavy atom. The van der Waals surface area contributed by atoms with Crippen molar-refractivity contribution in [3.8, 4) is 0 Å². The average molecular weight is 372 g/mol. The van der Waals surface area contributed by atoms with Gasteiger partial charge in [0.15, 0.2) is 0 Å². The number of aliphatic hydroxyl groups is 1. The first-order valence-corrected chi connectivity index (χ1v) is 9.13. The lowest BCUT2D eigenvalue weighted by molar-refractivity contribution is -0.162. The number of carboxylic acids is 1. The number of fused-ring (bicyclic) bond motifs is 1. The molecule has 1 aliphatic heterocycles. The number of nitrogens with zero attached hydrogens (tertiary/aromatic N) is 1. The van der Waals surface area contributed by atoms with Crippen LogP contribution in [0.3, 0.4) is 0 Å². The molecule has 0 spiro atoms. The molecule has 1 amide bonds. The molecule has 0 aliphatic carbocycles. The molecule has 3 N–H and O–H groups in total. The summed E-state index contributed by atoms with van der Waals surface area (Å²) in [6, 6.07) is 5.30. The predicted molar refractivity (Wildman–Crippen MR) is 101 cm³/mol. The molecular weight excluding hydrogens is 348 g/mol. The number of hydrogen-bond acceptors (Lipinski definition) is 4. The number of benzene rings is 1. The van der Waals surface area contributed by atoms with Gasteiger partial charge in [0.2, 0.25) is 5.43 Å². The molecule has 2 atom stereocenters. The number of carbonyl (C=O) groups excluding carboxylic acids is 1. The van der Waals surface area contributed by atoms with Crippen molar-refractivity contribution in [2.75, 3.05) is 13.1 Å². The summed E-state index contributed by atoms with van der Waals surface area (Å²) in [5.74, 6) is -1.62. The SMILES string of the molecule is CCC[C@@]1(C(=O)O)CN(C(=O)c2c[nH]c3c(C)cccc3c2=O)CC[C@@H]1O. The number of carboxylic acid groups (broad SMARTS) is 1. The summed E-state index contributed by atoms with van der Waals surface area (Å²) in [4.78, 5) is 42.1. The maximum Gasteiger partial charge on any atom is 0.314 e. The van der Waals surface area contributed by atoms with E-state index in [1.165, 1.54) is 11.1 Å². The largest absolute Gasteiger partial charge is 0.481 e. The van der Waals surface area contributed by atoms with Crippen molar-refractivity contribution >= 4 is 22.8 Å². The van der Waals surface area contributed by atoms with Gasteiger partial charge < -0.3 is 20.1 Å². The molecule has 0 radical (unpaired) electrons. The molecule has 3 rings (SSSR count). The fraction of sp³-hybridized carbons (Fsp3) is 0.450. The van der Waals surface area contributed by atoms with Crippen LogP contribution in [-0.2, 0) is 4.79 Å². The molecule has 0 unspecified atom stereocenters. The van der Waals surface area contributed by atoms with E-state index in [0.29, 0.717) is 17.3 Å². The number of nitrogens with one attached hydrogen (secondary N) is 1. The summed E-state index contributed by atoms with van der Waals surface area (Å²) in [5.41, 5.74) is -0.208. The van der Waals surface area contributed by atoms with Crippen LogP contribution in [0.1, 0.15) is 42.1 Å². The molecule has 7 heteroatoms. The number of pyridine rings is 1. The third kappa shape index (κ3) is 3.12. The monoisotopic (exact) mass is 372 g/mol. The molecule has 1 fully saturated rings. The third-order valence-corrected chi connectivity index (χ3v) is 5.55. The molecule has 27 heavy (non-hydrogen) atoms. The van der Waals surface area contributed by atoms with Gasteiger partial charge in [-0.1, -0.05) is 25.5 Å². The number of likely N-dealkylation sites (tertiary alicyclic amines) is 1. The Bertz CT molecular complexity index is 951. The van der Waals surface area contributed by atoms with Crippen LogP contribution < -0.4 is 5.43 Å². The lowest BCUT2D eigenvalue weighted by Crippen LogP contribution is -2.57. The highest BCUT2D eigenvalue weighted by Crippen LogP contribution is 2.36. The number of rotatable bonds is 4. The van der Waals surface area contributed by atoms with E-state index >= 15 is 0 Å². The number of para-hydroxylation sites is 1. The Kier molecular flexibility index (Phi) is 5.06. The van der Waals surface area contributed by atoms with Crippen molar-refractivity contribution in [2.45, 2.75) is 39.2 Å². The Hall–Kier alpha value is -2.67. The number of aliphatic hydroxyl groups excluding tert-OH is 1. The van der Waals surface area contributed by atoms with E-state index in [9.17, 15) is 24.6 Å². The van der Waals surface area contributed by atoms with Crippen LogP contribution in [0.15, 0.2) is 29.2 Å². The summed E-state index contributed by atoms with van der Waals surface area (Å²) in [6.45, 7) is 3.82. The van der Waals surface area contributed by atoms with Crippen LogP contribution in [-0.4, -0.2) is 51.2 Å². The summed E-state index contributed by atoms with van der Waals surface area (Å²) in [6.07, 6.45) is 1.38. The van der Waals surface area contributed by atoms with E-state index in [4.69, 9.17) is 0 Å². The summed E-state index contributed by atoms with van der Waals surface area (Å²) in [7, 11) is 0. The van der Waals surface area contributed by atoms with Crippen LogP contribution in [0.25, 0.3) is 10.9 Å². The van der Waals surface area contributed by atoms with Crippen molar-refractivity contribution in [3.63, 3.8) is 0 Å². The summed E-state index contributed by atoms with van der Waals surface area (Å²) in [5, 5.41) is 20.5. The number of aryl methyl sites for hydroxylation is 1. The number of hydrogen-bond donors (Lipinski definition) is 3. The number of aromatic nitrogens is 1. The second kappa shape index (κ2) is 7.15. The van der Waals surface area contributed by atoms with Crippen molar-refractivity contribution in [2.24, 2.45) is 5.41 Å². The lowest BCUT2D eigenvalue weighted by atomic mass is 9.74. The first-order valence-electron chi connectivity index (χ1n) is 9.13. The van der Waals surface area contributed by atoms with Crippen molar-refractivity contribution in [3.05, 3.63) is 45.7 Å². The molecule has 7 nitrogen and oxygen atoms in total. The van der Waals surface area contributed by atoms with Crippen LogP contribution in [0.4, 0.5) is 0 Å². The molecule has 144 valence electrons. The van der Waals surface area contributed by atoms with Crippen molar-refractivity contribution < 1.29 is 19.8 Å². The highest BCUT2D eigenvalue weighted by atomic mass is 16.4. The normalized spacial score (nSPS) is 22.8. The molecule has 1 aliphatic rings. The van der Waals surface area contributed by atoms with Gasteiger partial charge in [-0.2, -0.15) is 0 Å². The number of amides is 1. The smallest absolute Gasteiger partial charge is 0.314 e. The first kappa shape index (κ1) is 19.1. The second-order valence-corrected chi connectivity index (χ2v) is 7.27. The topological polar surface area (TPSA) is 111 Å². The molecule has 2 aromatic rings. The average Bonchev–Trinajstić information content (AvgIpc) is 2.64. The highest BCUT2D eigenvalue weighted by Gasteiger charge is 2.49. The number of aliphatic carboxylic acids is 1. The lowest BCUT2D eigenvalue weighted by Gasteiger charge is -2.43. The third-order valence-electron chi connectivity index (χ3n) is 5.55. The van der Waals surface area contributed by atoms with E-state index < -0.39 is 23.4 Å². The molecule has 1 saturated heterocycles. The van der Waals surface area contributed by atoms with Gasteiger partial charge in [0.1, 0.15) is 11.0 Å². The molecular formula is C20H24N2O5. The van der Waals surface area contributed by atoms with Crippen LogP contribution >= 0.6 is 0 Å². The summed E-state index contributed by atoms with van der Waals surface area (Å²) < 4.78 is 0. The van der Waals surface area contributed by atoms with Crippen LogP contribution in [0, 0.1) is 12.3 Å². The minimum absolute atomic E-state index is 0.0136.